The van der Waals surface area contributed by atoms with Crippen LogP contribution < -0.4 is 14.9 Å². The average Bonchev–Trinajstić information content (AvgIpc) is 3.39. The van der Waals surface area contributed by atoms with Crippen LogP contribution >= 0.6 is 39.1 Å². The number of hydrogen-bond donors (Lipinski definition) is 1. The first-order chi connectivity index (χ1) is 17.0. The van der Waals surface area contributed by atoms with Crippen LogP contribution in [-0.4, -0.2) is 23.8 Å². The van der Waals surface area contributed by atoms with Crippen molar-refractivity contribution >= 4 is 51.3 Å². The van der Waals surface area contributed by atoms with Gasteiger partial charge in [0.25, 0.3) is 5.91 Å². The predicted molar refractivity (Wildman–Crippen MR) is 142 cm³/mol. The minimum Gasteiger partial charge on any atom is -0.493 e. The van der Waals surface area contributed by atoms with Crippen molar-refractivity contribution in [2.24, 2.45) is 5.10 Å². The highest BCUT2D eigenvalue weighted by Gasteiger charge is 2.14. The Morgan fingerprint density at radius 2 is 1.74 bits per heavy atom. The lowest BCUT2D eigenvalue weighted by molar-refractivity contribution is 0.0955. The number of hydrazone groups is 1. The fraction of sp³-hybridized carbons (Fsp3) is 0.0769. The van der Waals surface area contributed by atoms with Crippen LogP contribution in [0.5, 0.6) is 11.5 Å². The van der Waals surface area contributed by atoms with Crippen molar-refractivity contribution < 1.29 is 14.3 Å². The molecule has 6 nitrogen and oxygen atoms in total. The highest BCUT2D eigenvalue weighted by Crippen LogP contribution is 2.37. The van der Waals surface area contributed by atoms with E-state index < -0.39 is 0 Å². The summed E-state index contributed by atoms with van der Waals surface area (Å²) in [6.07, 6.45) is 5.40. The van der Waals surface area contributed by atoms with Crippen LogP contribution in [0.15, 0.2) is 88.7 Å². The Bertz CT molecular complexity index is 1340. The number of nitrogens with zero attached hydrogens (tertiary/aromatic N) is 2. The van der Waals surface area contributed by atoms with Gasteiger partial charge in [-0.1, -0.05) is 29.3 Å². The molecule has 0 saturated heterocycles. The van der Waals surface area contributed by atoms with Gasteiger partial charge in [-0.15, -0.1) is 0 Å². The second-order valence-electron chi connectivity index (χ2n) is 7.36. The van der Waals surface area contributed by atoms with Gasteiger partial charge in [0.1, 0.15) is 6.61 Å². The van der Waals surface area contributed by atoms with E-state index in [9.17, 15) is 4.79 Å². The van der Waals surface area contributed by atoms with Crippen molar-refractivity contribution in [2.75, 3.05) is 7.11 Å². The molecule has 0 radical (unpaired) electrons. The quantitative estimate of drug-likeness (QED) is 0.184. The first-order valence-corrected chi connectivity index (χ1v) is 12.0. The molecule has 9 heteroatoms. The van der Waals surface area contributed by atoms with Crippen LogP contribution in [0, 0.1) is 0 Å². The van der Waals surface area contributed by atoms with Gasteiger partial charge in [0, 0.05) is 39.3 Å². The fourth-order valence-corrected chi connectivity index (χ4v) is 4.37. The van der Waals surface area contributed by atoms with Crippen LogP contribution in [0.1, 0.15) is 21.5 Å². The zero-order valence-corrected chi connectivity index (χ0v) is 21.6. The maximum atomic E-state index is 12.4. The number of methoxy groups -OCH3 is 1. The minimum atomic E-state index is -0.317. The van der Waals surface area contributed by atoms with E-state index >= 15 is 0 Å². The summed E-state index contributed by atoms with van der Waals surface area (Å²) < 4.78 is 14.0. The van der Waals surface area contributed by atoms with Gasteiger partial charge in [0.05, 0.1) is 17.8 Å². The van der Waals surface area contributed by atoms with Crippen LogP contribution in [0.3, 0.4) is 0 Å². The van der Waals surface area contributed by atoms with E-state index in [1.807, 2.05) is 41.2 Å². The summed E-state index contributed by atoms with van der Waals surface area (Å²) in [5, 5.41) is 5.11. The SMILES string of the molecule is COc1cc(C=NNC(=O)c2ccc(-n3cccc3)cc2)cc(Br)c1OCc1c(Cl)cccc1Cl. The summed E-state index contributed by atoms with van der Waals surface area (Å²) in [7, 11) is 1.54. The van der Waals surface area contributed by atoms with Crippen LogP contribution in [-0.2, 0) is 6.61 Å². The molecule has 1 N–H and O–H groups in total. The zero-order valence-electron chi connectivity index (χ0n) is 18.5. The number of carbonyl (C=O) groups is 1. The van der Waals surface area contributed by atoms with E-state index in [0.717, 1.165) is 5.69 Å². The molecular weight excluding hydrogens is 553 g/mol. The molecule has 0 unspecified atom stereocenters. The Balaban J connectivity index is 1.42. The summed E-state index contributed by atoms with van der Waals surface area (Å²) in [5.74, 6) is 0.659. The van der Waals surface area contributed by atoms with E-state index in [1.165, 1.54) is 13.3 Å². The minimum absolute atomic E-state index is 0.167. The molecule has 0 spiro atoms. The topological polar surface area (TPSA) is 64.8 Å². The summed E-state index contributed by atoms with van der Waals surface area (Å²) in [6.45, 7) is 0.167. The summed E-state index contributed by atoms with van der Waals surface area (Å²) >= 11 is 16.0. The maximum Gasteiger partial charge on any atom is 0.271 e. The Labute approximate surface area is 221 Å². The Hall–Kier alpha value is -3.26. The normalized spacial score (nSPS) is 11.0. The van der Waals surface area contributed by atoms with Gasteiger partial charge in [-0.3, -0.25) is 4.79 Å². The van der Waals surface area contributed by atoms with Crippen molar-refractivity contribution in [3.8, 4) is 17.2 Å². The van der Waals surface area contributed by atoms with E-state index in [4.69, 9.17) is 32.7 Å². The number of carbonyl (C=O) groups excluding carboxylic acids is 1. The second kappa shape index (κ2) is 11.4. The summed E-state index contributed by atoms with van der Waals surface area (Å²) in [6, 6.07) is 19.9. The molecule has 1 amide bonds. The smallest absolute Gasteiger partial charge is 0.271 e. The van der Waals surface area contributed by atoms with Gasteiger partial charge in [-0.25, -0.2) is 5.43 Å². The van der Waals surface area contributed by atoms with E-state index in [2.05, 4.69) is 26.5 Å². The molecule has 35 heavy (non-hydrogen) atoms. The lowest BCUT2D eigenvalue weighted by Crippen LogP contribution is -2.17. The number of aromatic nitrogens is 1. The molecule has 3 aromatic carbocycles. The Kier molecular flexibility index (Phi) is 8.13. The third-order valence-electron chi connectivity index (χ3n) is 5.09. The summed E-state index contributed by atoms with van der Waals surface area (Å²) in [5.41, 5.74) is 5.38. The standard InChI is InChI=1S/C26H20BrCl2N3O3/c1-34-24-14-17(13-21(27)25(24)35-16-20-22(28)5-4-6-23(20)29)15-30-31-26(33)18-7-9-19(10-8-18)32-11-2-3-12-32/h2-15H,16H2,1H3,(H,31,33). The molecule has 0 fully saturated rings. The molecule has 4 rings (SSSR count). The van der Waals surface area contributed by atoms with Gasteiger partial charge in [0.2, 0.25) is 0 Å². The van der Waals surface area contributed by atoms with Gasteiger partial charge in [-0.2, -0.15) is 5.10 Å². The predicted octanol–water partition coefficient (Wildman–Crippen LogP) is 6.90. The summed E-state index contributed by atoms with van der Waals surface area (Å²) in [4.78, 5) is 12.4. The number of halogens is 3. The zero-order chi connectivity index (χ0) is 24.8. The molecule has 178 valence electrons. The first kappa shape index (κ1) is 24.9. The monoisotopic (exact) mass is 571 g/mol. The second-order valence-corrected chi connectivity index (χ2v) is 9.03. The number of ether oxygens (including phenoxy) is 2. The van der Waals surface area contributed by atoms with Crippen LogP contribution in [0.25, 0.3) is 5.69 Å². The third-order valence-corrected chi connectivity index (χ3v) is 6.38. The molecule has 0 atom stereocenters. The number of rotatable bonds is 8. The third kappa shape index (κ3) is 6.06. The van der Waals surface area contributed by atoms with Crippen LogP contribution in [0.4, 0.5) is 0 Å². The van der Waals surface area contributed by atoms with Gasteiger partial charge >= 0.3 is 0 Å². The van der Waals surface area contributed by atoms with Crippen molar-refractivity contribution in [1.29, 1.82) is 0 Å². The number of hydrogen-bond acceptors (Lipinski definition) is 4. The van der Waals surface area contributed by atoms with Gasteiger partial charge < -0.3 is 14.0 Å². The highest BCUT2D eigenvalue weighted by molar-refractivity contribution is 9.10. The molecule has 4 aromatic rings. The molecule has 0 saturated carbocycles. The Morgan fingerprint density at radius 3 is 2.40 bits per heavy atom. The largest absolute Gasteiger partial charge is 0.493 e. The molecule has 1 heterocycles. The number of amides is 1. The van der Waals surface area contributed by atoms with Crippen molar-refractivity contribution in [1.82, 2.24) is 9.99 Å². The molecule has 0 aliphatic carbocycles. The molecular formula is C26H20BrCl2N3O3. The highest BCUT2D eigenvalue weighted by atomic mass is 79.9. The van der Waals surface area contributed by atoms with Crippen molar-refractivity contribution in [2.45, 2.75) is 6.61 Å². The van der Waals surface area contributed by atoms with Crippen molar-refractivity contribution in [3.05, 3.63) is 110 Å². The lowest BCUT2D eigenvalue weighted by Gasteiger charge is -2.14. The molecule has 0 aliphatic rings. The van der Waals surface area contributed by atoms with E-state index in [-0.39, 0.29) is 12.5 Å². The van der Waals surface area contributed by atoms with Gasteiger partial charge in [0.15, 0.2) is 11.5 Å². The molecule has 0 bridgehead atoms. The maximum absolute atomic E-state index is 12.4. The van der Waals surface area contributed by atoms with E-state index in [0.29, 0.717) is 42.7 Å². The number of benzene rings is 3. The molecule has 0 aliphatic heterocycles. The number of nitrogens with one attached hydrogen (secondary N) is 1. The lowest BCUT2D eigenvalue weighted by atomic mass is 10.2. The van der Waals surface area contributed by atoms with Crippen LogP contribution in [0.2, 0.25) is 10.0 Å². The van der Waals surface area contributed by atoms with Crippen molar-refractivity contribution in [3.63, 3.8) is 0 Å². The Morgan fingerprint density at radius 1 is 1.06 bits per heavy atom. The van der Waals surface area contributed by atoms with E-state index in [1.54, 1.807) is 42.5 Å². The molecule has 1 aromatic heterocycles. The van der Waals surface area contributed by atoms with Gasteiger partial charge in [-0.05, 0) is 82.2 Å². The average molecular weight is 573 g/mol. The fourth-order valence-electron chi connectivity index (χ4n) is 3.29. The first-order valence-electron chi connectivity index (χ1n) is 10.5.